The minimum atomic E-state index is -0.531. The smallest absolute Gasteiger partial charge is 0.324 e. The molecule has 2 aliphatic heterocycles. The molecule has 16 heteroatoms. The lowest BCUT2D eigenvalue weighted by molar-refractivity contribution is -0.122. The SMILES string of the molecule is CC1(c2cc(-c3cnc(NC(=O)N4CCC[C@H]4C(N)=O)s3)ccn2)CC1.NC(=O)[C@@H]1CCCN1C(=O)Nc1ncc(-c2ccnc(C3CCC3)c2)s1. The molecule has 6 amide bonds. The third-order valence-corrected chi connectivity index (χ3v) is 12.3. The summed E-state index contributed by atoms with van der Waals surface area (Å²) in [7, 11) is 0. The van der Waals surface area contributed by atoms with Crippen molar-refractivity contribution in [2.75, 3.05) is 23.7 Å². The van der Waals surface area contributed by atoms with Crippen LogP contribution in [0.25, 0.3) is 20.9 Å². The van der Waals surface area contributed by atoms with Gasteiger partial charge < -0.3 is 21.3 Å². The Kier molecular flexibility index (Phi) is 10.2. The van der Waals surface area contributed by atoms with Crippen LogP contribution in [0.2, 0.25) is 0 Å². The molecule has 0 radical (unpaired) electrons. The fourth-order valence-electron chi connectivity index (χ4n) is 6.75. The molecule has 52 heavy (non-hydrogen) atoms. The second kappa shape index (κ2) is 14.9. The Labute approximate surface area is 309 Å². The number of aromatic nitrogens is 4. The van der Waals surface area contributed by atoms with Crippen LogP contribution >= 0.6 is 22.7 Å². The summed E-state index contributed by atoms with van der Waals surface area (Å²) in [5.74, 6) is -0.351. The van der Waals surface area contributed by atoms with Gasteiger partial charge in [-0.25, -0.2) is 19.6 Å². The van der Waals surface area contributed by atoms with E-state index < -0.39 is 23.9 Å². The molecular weight excluding hydrogens is 701 g/mol. The molecule has 272 valence electrons. The maximum atomic E-state index is 12.4. The zero-order chi connectivity index (χ0) is 36.4. The lowest BCUT2D eigenvalue weighted by Gasteiger charge is -2.24. The predicted octanol–water partition coefficient (Wildman–Crippen LogP) is 5.69. The first-order valence-electron chi connectivity index (χ1n) is 17.7. The number of amides is 6. The average molecular weight is 743 g/mol. The number of hydrogen-bond donors (Lipinski definition) is 4. The standard InChI is InChI=1S/2C18H21N5O2S/c1-18(5-6-18)14-9-11(4-7-20-14)13-10-21-16(26-13)22-17(25)23-8-2-3-12(23)15(19)24;19-16(24)14-5-2-8-23(14)18(25)22-17-21-10-15(26-17)12-6-7-20-13(9-12)11-3-1-4-11/h4,7,9-10,12H,2-3,5-6,8H2,1H3,(H2,19,24)(H,21,22,25);6-7,9-11,14H,1-5,8H2,(H2,19,24)(H,21,22,25)/t12-;14-/m00/s1. The number of carbonyl (C=O) groups is 4. The molecule has 0 bridgehead atoms. The van der Waals surface area contributed by atoms with E-state index in [-0.39, 0.29) is 17.5 Å². The number of rotatable bonds is 8. The maximum absolute atomic E-state index is 12.4. The van der Waals surface area contributed by atoms with Crippen LogP contribution in [0.3, 0.4) is 0 Å². The zero-order valence-corrected chi connectivity index (χ0v) is 30.5. The molecule has 4 aliphatic rings. The molecule has 0 spiro atoms. The average Bonchev–Trinajstić information content (AvgIpc) is 3.70. The van der Waals surface area contributed by atoms with E-state index in [0.717, 1.165) is 45.1 Å². The van der Waals surface area contributed by atoms with E-state index in [0.29, 0.717) is 42.1 Å². The highest BCUT2D eigenvalue weighted by Crippen LogP contribution is 2.47. The van der Waals surface area contributed by atoms with Crippen molar-refractivity contribution in [3.63, 3.8) is 0 Å². The minimum Gasteiger partial charge on any atom is -0.368 e. The highest BCUT2D eigenvalue weighted by Gasteiger charge is 2.40. The Morgan fingerprint density at radius 3 is 1.73 bits per heavy atom. The fourth-order valence-corrected chi connectivity index (χ4v) is 8.36. The van der Waals surface area contributed by atoms with Gasteiger partial charge in [0.15, 0.2) is 10.3 Å². The monoisotopic (exact) mass is 742 g/mol. The fraction of sp³-hybridized carbons (Fsp3) is 0.444. The molecule has 14 nitrogen and oxygen atoms in total. The van der Waals surface area contributed by atoms with Crippen LogP contribution < -0.4 is 22.1 Å². The van der Waals surface area contributed by atoms with Crippen LogP contribution in [0.1, 0.15) is 82.0 Å². The van der Waals surface area contributed by atoms with Crippen molar-refractivity contribution in [3.8, 4) is 20.9 Å². The first kappa shape index (κ1) is 35.4. The second-order valence-corrected chi connectivity index (χ2v) is 16.1. The maximum Gasteiger partial charge on any atom is 0.324 e. The molecule has 6 N–H and O–H groups in total. The van der Waals surface area contributed by atoms with Crippen molar-refractivity contribution in [2.24, 2.45) is 11.5 Å². The number of nitrogens with zero attached hydrogens (tertiary/aromatic N) is 6. The Bertz CT molecular complexity index is 1970. The van der Waals surface area contributed by atoms with E-state index in [1.165, 1.54) is 64.6 Å². The summed E-state index contributed by atoms with van der Waals surface area (Å²) in [6, 6.07) is 6.44. The predicted molar refractivity (Wildman–Crippen MR) is 200 cm³/mol. The first-order chi connectivity index (χ1) is 25.1. The lowest BCUT2D eigenvalue weighted by atomic mass is 9.82. The number of carbonyl (C=O) groups excluding carboxylic acids is 4. The lowest BCUT2D eigenvalue weighted by Crippen LogP contribution is -2.45. The van der Waals surface area contributed by atoms with Gasteiger partial charge in [0.25, 0.3) is 0 Å². The molecule has 4 fully saturated rings. The summed E-state index contributed by atoms with van der Waals surface area (Å²) in [5.41, 5.74) is 15.3. The van der Waals surface area contributed by atoms with Gasteiger partial charge in [-0.3, -0.25) is 30.2 Å². The van der Waals surface area contributed by atoms with E-state index in [1.54, 1.807) is 12.4 Å². The summed E-state index contributed by atoms with van der Waals surface area (Å²) >= 11 is 2.82. The van der Waals surface area contributed by atoms with Gasteiger partial charge in [-0.1, -0.05) is 36.0 Å². The number of urea groups is 2. The van der Waals surface area contributed by atoms with Crippen molar-refractivity contribution in [1.29, 1.82) is 0 Å². The van der Waals surface area contributed by atoms with E-state index in [2.05, 4.69) is 49.6 Å². The van der Waals surface area contributed by atoms with E-state index in [9.17, 15) is 19.2 Å². The Morgan fingerprint density at radius 2 is 1.25 bits per heavy atom. The van der Waals surface area contributed by atoms with Gasteiger partial charge in [0.1, 0.15) is 12.1 Å². The molecule has 2 saturated heterocycles. The zero-order valence-electron chi connectivity index (χ0n) is 28.9. The third kappa shape index (κ3) is 7.77. The highest BCUT2D eigenvalue weighted by molar-refractivity contribution is 7.19. The minimum absolute atomic E-state index is 0.206. The van der Waals surface area contributed by atoms with Crippen LogP contribution in [0.5, 0.6) is 0 Å². The van der Waals surface area contributed by atoms with Crippen molar-refractivity contribution in [2.45, 2.75) is 88.1 Å². The molecule has 0 aromatic carbocycles. The van der Waals surface area contributed by atoms with Crippen molar-refractivity contribution < 1.29 is 19.2 Å². The van der Waals surface area contributed by atoms with Crippen molar-refractivity contribution >= 4 is 56.8 Å². The van der Waals surface area contributed by atoms with Crippen LogP contribution in [0, 0.1) is 0 Å². The number of anilines is 2. The van der Waals surface area contributed by atoms with Gasteiger partial charge >= 0.3 is 12.1 Å². The largest absolute Gasteiger partial charge is 0.368 e. The van der Waals surface area contributed by atoms with Gasteiger partial charge in [-0.2, -0.15) is 0 Å². The molecule has 8 rings (SSSR count). The van der Waals surface area contributed by atoms with Crippen LogP contribution in [-0.2, 0) is 15.0 Å². The Balaban J connectivity index is 0.000000162. The van der Waals surface area contributed by atoms with Gasteiger partial charge in [0.2, 0.25) is 11.8 Å². The summed E-state index contributed by atoms with van der Waals surface area (Å²) in [4.78, 5) is 70.3. The first-order valence-corrected chi connectivity index (χ1v) is 19.3. The number of nitrogens with two attached hydrogens (primary N) is 2. The summed E-state index contributed by atoms with van der Waals surface area (Å²) in [5, 5.41) is 6.60. The number of thiazole rings is 2. The number of pyridine rings is 2. The third-order valence-electron chi connectivity index (χ3n) is 10.4. The number of primary amides is 2. The summed E-state index contributed by atoms with van der Waals surface area (Å²) in [6.07, 6.45) is 16.0. The summed E-state index contributed by atoms with van der Waals surface area (Å²) < 4.78 is 0. The molecule has 2 atom stereocenters. The van der Waals surface area contributed by atoms with Crippen LogP contribution in [0.15, 0.2) is 49.1 Å². The molecule has 2 saturated carbocycles. The van der Waals surface area contributed by atoms with Crippen LogP contribution in [0.4, 0.5) is 19.9 Å². The van der Waals surface area contributed by atoms with Crippen molar-refractivity contribution in [3.05, 3.63) is 60.4 Å². The second-order valence-electron chi connectivity index (χ2n) is 14.0. The normalized spacial score (nSPS) is 20.4. The van der Waals surface area contributed by atoms with E-state index in [1.807, 2.05) is 24.5 Å². The van der Waals surface area contributed by atoms with Crippen molar-refractivity contribution in [1.82, 2.24) is 29.7 Å². The van der Waals surface area contributed by atoms with E-state index >= 15 is 0 Å². The van der Waals surface area contributed by atoms with Gasteiger partial charge in [0.05, 0.1) is 9.75 Å². The molecule has 0 unspecified atom stereocenters. The summed E-state index contributed by atoms with van der Waals surface area (Å²) in [6.45, 7) is 3.29. The van der Waals surface area contributed by atoms with Gasteiger partial charge in [0, 0.05) is 60.6 Å². The molecule has 6 heterocycles. The molecule has 4 aromatic heterocycles. The number of likely N-dealkylation sites (tertiary alicyclic amines) is 2. The molecular formula is C36H42N10O4S2. The number of hydrogen-bond acceptors (Lipinski definition) is 10. The number of nitrogens with one attached hydrogen (secondary N) is 2. The quantitative estimate of drug-likeness (QED) is 0.176. The Hall–Kier alpha value is -4.96. The van der Waals surface area contributed by atoms with Gasteiger partial charge in [-0.05, 0) is 86.8 Å². The van der Waals surface area contributed by atoms with Crippen LogP contribution in [-0.4, -0.2) is 78.8 Å². The van der Waals surface area contributed by atoms with Gasteiger partial charge in [-0.15, -0.1) is 0 Å². The topological polar surface area (TPSA) is 202 Å². The molecule has 4 aromatic rings. The molecule has 2 aliphatic carbocycles. The van der Waals surface area contributed by atoms with E-state index in [4.69, 9.17) is 11.5 Å². The highest BCUT2D eigenvalue weighted by atomic mass is 32.1. The Morgan fingerprint density at radius 1 is 0.731 bits per heavy atom.